The van der Waals surface area contributed by atoms with E-state index in [1.807, 2.05) is 54.9 Å². The number of amides is 1. The van der Waals surface area contributed by atoms with Crippen molar-refractivity contribution >= 4 is 5.91 Å². The maximum Gasteiger partial charge on any atom is 0.268 e. The largest absolute Gasteiger partial charge is 0.380 e. The van der Waals surface area contributed by atoms with Crippen LogP contribution in [-0.4, -0.2) is 17.6 Å². The SMILES string of the molecule is COCc1ccccc1CNC(=O)c1ccc(C)n1C. The van der Waals surface area contributed by atoms with Crippen molar-refractivity contribution in [1.29, 1.82) is 0 Å². The number of aromatic nitrogens is 1. The van der Waals surface area contributed by atoms with Crippen LogP contribution in [0.1, 0.15) is 27.3 Å². The number of aryl methyl sites for hydroxylation is 1. The van der Waals surface area contributed by atoms with Crippen LogP contribution in [0.25, 0.3) is 0 Å². The van der Waals surface area contributed by atoms with Crippen molar-refractivity contribution in [2.24, 2.45) is 7.05 Å². The summed E-state index contributed by atoms with van der Waals surface area (Å²) in [6.07, 6.45) is 0. The van der Waals surface area contributed by atoms with Crippen LogP contribution in [0.2, 0.25) is 0 Å². The third kappa shape index (κ3) is 3.08. The molecule has 0 atom stereocenters. The van der Waals surface area contributed by atoms with Gasteiger partial charge in [-0.15, -0.1) is 0 Å². The number of benzene rings is 1. The maximum absolute atomic E-state index is 12.2. The highest BCUT2D eigenvalue weighted by atomic mass is 16.5. The van der Waals surface area contributed by atoms with Crippen molar-refractivity contribution in [2.45, 2.75) is 20.1 Å². The molecule has 1 aromatic heterocycles. The number of carbonyl (C=O) groups is 1. The Morgan fingerprint density at radius 3 is 2.50 bits per heavy atom. The van der Waals surface area contributed by atoms with Crippen LogP contribution in [0.5, 0.6) is 0 Å². The Labute approximate surface area is 119 Å². The van der Waals surface area contributed by atoms with E-state index in [4.69, 9.17) is 4.74 Å². The molecule has 106 valence electrons. The van der Waals surface area contributed by atoms with Gasteiger partial charge in [0.2, 0.25) is 0 Å². The van der Waals surface area contributed by atoms with Crippen molar-refractivity contribution in [3.8, 4) is 0 Å². The molecule has 2 rings (SSSR count). The van der Waals surface area contributed by atoms with Crippen LogP contribution in [0.15, 0.2) is 36.4 Å². The Morgan fingerprint density at radius 2 is 1.90 bits per heavy atom. The van der Waals surface area contributed by atoms with Gasteiger partial charge in [0.05, 0.1) is 6.61 Å². The van der Waals surface area contributed by atoms with Gasteiger partial charge < -0.3 is 14.6 Å². The van der Waals surface area contributed by atoms with E-state index in [-0.39, 0.29) is 5.91 Å². The van der Waals surface area contributed by atoms with Crippen molar-refractivity contribution in [3.05, 3.63) is 58.9 Å². The highest BCUT2D eigenvalue weighted by molar-refractivity contribution is 5.92. The Balaban J connectivity index is 2.05. The smallest absolute Gasteiger partial charge is 0.268 e. The number of nitrogens with one attached hydrogen (secondary N) is 1. The highest BCUT2D eigenvalue weighted by Gasteiger charge is 2.11. The fourth-order valence-corrected chi connectivity index (χ4v) is 2.13. The van der Waals surface area contributed by atoms with E-state index in [2.05, 4.69) is 5.32 Å². The quantitative estimate of drug-likeness (QED) is 0.908. The molecule has 0 aliphatic carbocycles. The summed E-state index contributed by atoms with van der Waals surface area (Å²) in [7, 11) is 3.56. The van der Waals surface area contributed by atoms with E-state index in [0.29, 0.717) is 18.8 Å². The summed E-state index contributed by atoms with van der Waals surface area (Å²) in [5, 5.41) is 2.95. The van der Waals surface area contributed by atoms with E-state index >= 15 is 0 Å². The zero-order valence-electron chi connectivity index (χ0n) is 12.1. The molecule has 20 heavy (non-hydrogen) atoms. The number of carbonyl (C=O) groups excluding carboxylic acids is 1. The standard InChI is InChI=1S/C16H20N2O2/c1-12-8-9-15(18(12)2)16(19)17-10-13-6-4-5-7-14(13)11-20-3/h4-9H,10-11H2,1-3H3,(H,17,19). The van der Waals surface area contributed by atoms with Crippen molar-refractivity contribution in [3.63, 3.8) is 0 Å². The summed E-state index contributed by atoms with van der Waals surface area (Å²) in [4.78, 5) is 12.2. The monoisotopic (exact) mass is 272 g/mol. The minimum absolute atomic E-state index is 0.0622. The lowest BCUT2D eigenvalue weighted by Crippen LogP contribution is -2.25. The molecule has 1 N–H and O–H groups in total. The molecule has 0 radical (unpaired) electrons. The van der Waals surface area contributed by atoms with Gasteiger partial charge in [-0.05, 0) is 30.2 Å². The lowest BCUT2D eigenvalue weighted by Gasteiger charge is -2.11. The molecule has 1 heterocycles. The number of rotatable bonds is 5. The number of ether oxygens (including phenoxy) is 1. The second-order valence-electron chi connectivity index (χ2n) is 4.80. The molecule has 4 nitrogen and oxygen atoms in total. The van der Waals surface area contributed by atoms with Gasteiger partial charge in [-0.1, -0.05) is 24.3 Å². The second-order valence-corrected chi connectivity index (χ2v) is 4.80. The minimum Gasteiger partial charge on any atom is -0.380 e. The molecular formula is C16H20N2O2. The summed E-state index contributed by atoms with van der Waals surface area (Å²) in [5.41, 5.74) is 3.91. The van der Waals surface area contributed by atoms with Gasteiger partial charge in [-0.2, -0.15) is 0 Å². The first-order chi connectivity index (χ1) is 9.63. The summed E-state index contributed by atoms with van der Waals surface area (Å²) in [6.45, 7) is 3.03. The molecule has 0 spiro atoms. The van der Waals surface area contributed by atoms with Crippen molar-refractivity contribution in [1.82, 2.24) is 9.88 Å². The average molecular weight is 272 g/mol. The van der Waals surface area contributed by atoms with Gasteiger partial charge in [0.25, 0.3) is 5.91 Å². The number of hydrogen-bond donors (Lipinski definition) is 1. The summed E-state index contributed by atoms with van der Waals surface area (Å²) < 4.78 is 7.05. The zero-order chi connectivity index (χ0) is 14.5. The van der Waals surface area contributed by atoms with Crippen LogP contribution >= 0.6 is 0 Å². The van der Waals surface area contributed by atoms with E-state index in [0.717, 1.165) is 16.8 Å². The van der Waals surface area contributed by atoms with Crippen LogP contribution < -0.4 is 5.32 Å². The highest BCUT2D eigenvalue weighted by Crippen LogP contribution is 2.11. The number of methoxy groups -OCH3 is 1. The average Bonchev–Trinajstić information content (AvgIpc) is 2.78. The van der Waals surface area contributed by atoms with E-state index in [1.165, 1.54) is 0 Å². The van der Waals surface area contributed by atoms with Crippen LogP contribution in [0, 0.1) is 6.92 Å². The molecule has 0 aliphatic heterocycles. The normalized spacial score (nSPS) is 10.6. The minimum atomic E-state index is -0.0622. The fraction of sp³-hybridized carbons (Fsp3) is 0.312. The summed E-state index contributed by atoms with van der Waals surface area (Å²) >= 11 is 0. The Hall–Kier alpha value is -2.07. The molecule has 0 bridgehead atoms. The molecular weight excluding hydrogens is 252 g/mol. The predicted octanol–water partition coefficient (Wildman–Crippen LogP) is 2.41. The van der Waals surface area contributed by atoms with Crippen LogP contribution in [-0.2, 0) is 24.9 Å². The van der Waals surface area contributed by atoms with Crippen LogP contribution in [0.3, 0.4) is 0 Å². The summed E-state index contributed by atoms with van der Waals surface area (Å²) in [5.74, 6) is -0.0622. The predicted molar refractivity (Wildman–Crippen MR) is 78.5 cm³/mol. The third-order valence-corrected chi connectivity index (χ3v) is 3.46. The molecule has 1 aromatic carbocycles. The molecule has 0 unspecified atom stereocenters. The molecule has 4 heteroatoms. The van der Waals surface area contributed by atoms with Crippen molar-refractivity contribution in [2.75, 3.05) is 7.11 Å². The Bertz CT molecular complexity index is 602. The Kier molecular flexibility index (Phi) is 4.58. The first kappa shape index (κ1) is 14.3. The van der Waals surface area contributed by atoms with E-state index in [1.54, 1.807) is 7.11 Å². The molecule has 1 amide bonds. The summed E-state index contributed by atoms with van der Waals surface area (Å²) in [6, 6.07) is 11.7. The lowest BCUT2D eigenvalue weighted by molar-refractivity contribution is 0.0942. The van der Waals surface area contributed by atoms with Gasteiger partial charge in [-0.3, -0.25) is 4.79 Å². The number of nitrogens with zero attached hydrogens (tertiary/aromatic N) is 1. The fourth-order valence-electron chi connectivity index (χ4n) is 2.13. The first-order valence-corrected chi connectivity index (χ1v) is 6.59. The van der Waals surface area contributed by atoms with Gasteiger partial charge in [0.15, 0.2) is 0 Å². The van der Waals surface area contributed by atoms with E-state index < -0.39 is 0 Å². The van der Waals surface area contributed by atoms with Gasteiger partial charge in [0, 0.05) is 26.4 Å². The molecule has 0 aliphatic rings. The third-order valence-electron chi connectivity index (χ3n) is 3.46. The Morgan fingerprint density at radius 1 is 1.20 bits per heavy atom. The topological polar surface area (TPSA) is 43.3 Å². The second kappa shape index (κ2) is 6.39. The number of hydrogen-bond acceptors (Lipinski definition) is 2. The zero-order valence-corrected chi connectivity index (χ0v) is 12.1. The molecule has 0 saturated heterocycles. The maximum atomic E-state index is 12.2. The molecule has 0 fully saturated rings. The van der Waals surface area contributed by atoms with Gasteiger partial charge in [-0.25, -0.2) is 0 Å². The molecule has 2 aromatic rings. The van der Waals surface area contributed by atoms with Crippen LogP contribution in [0.4, 0.5) is 0 Å². The van der Waals surface area contributed by atoms with Gasteiger partial charge >= 0.3 is 0 Å². The van der Waals surface area contributed by atoms with Gasteiger partial charge in [0.1, 0.15) is 5.69 Å². The lowest BCUT2D eigenvalue weighted by atomic mass is 10.1. The molecule has 0 saturated carbocycles. The van der Waals surface area contributed by atoms with E-state index in [9.17, 15) is 4.79 Å². The van der Waals surface area contributed by atoms with Crippen molar-refractivity contribution < 1.29 is 9.53 Å². The first-order valence-electron chi connectivity index (χ1n) is 6.59.